The first kappa shape index (κ1) is 18.5. The van der Waals surface area contributed by atoms with Crippen molar-refractivity contribution in [2.24, 2.45) is 0 Å². The Balaban J connectivity index is 2.01. The standard InChI is InChI=1S/C16H20F4N2O2/c17-12-5-3-11(4-6-12)14(10-16(18,19)20)22-15(23)21-13-2-1-8-24-9-7-13/h3-6,13-14H,1-2,7-10H2,(H2,21,22,23)/t13-,14+/m1/s1. The van der Waals surface area contributed by atoms with Crippen LogP contribution >= 0.6 is 0 Å². The van der Waals surface area contributed by atoms with Crippen molar-refractivity contribution < 1.29 is 27.1 Å². The minimum Gasteiger partial charge on any atom is -0.381 e. The second kappa shape index (κ2) is 8.32. The Kier molecular flexibility index (Phi) is 6.42. The summed E-state index contributed by atoms with van der Waals surface area (Å²) in [5.74, 6) is -0.549. The van der Waals surface area contributed by atoms with Crippen LogP contribution in [0.25, 0.3) is 0 Å². The molecule has 0 aromatic heterocycles. The second-order valence-electron chi connectivity index (χ2n) is 5.78. The van der Waals surface area contributed by atoms with E-state index in [0.717, 1.165) is 18.6 Å². The fraction of sp³-hybridized carbons (Fsp3) is 0.562. The van der Waals surface area contributed by atoms with Gasteiger partial charge in [-0.15, -0.1) is 0 Å². The third-order valence-electron chi connectivity index (χ3n) is 3.80. The Morgan fingerprint density at radius 2 is 1.92 bits per heavy atom. The van der Waals surface area contributed by atoms with E-state index in [4.69, 9.17) is 4.74 Å². The predicted molar refractivity (Wildman–Crippen MR) is 79.9 cm³/mol. The molecule has 1 aliphatic rings. The summed E-state index contributed by atoms with van der Waals surface area (Å²) in [4.78, 5) is 12.1. The molecule has 24 heavy (non-hydrogen) atoms. The summed E-state index contributed by atoms with van der Waals surface area (Å²) in [5.41, 5.74) is 0.202. The van der Waals surface area contributed by atoms with Crippen LogP contribution in [0.5, 0.6) is 0 Å². The molecule has 0 aliphatic carbocycles. The molecule has 0 unspecified atom stereocenters. The second-order valence-corrected chi connectivity index (χ2v) is 5.78. The van der Waals surface area contributed by atoms with E-state index in [1.165, 1.54) is 12.1 Å². The molecule has 4 nitrogen and oxygen atoms in total. The topological polar surface area (TPSA) is 50.4 Å². The smallest absolute Gasteiger partial charge is 0.381 e. The van der Waals surface area contributed by atoms with E-state index in [9.17, 15) is 22.4 Å². The lowest BCUT2D eigenvalue weighted by Crippen LogP contribution is -2.44. The lowest BCUT2D eigenvalue weighted by Gasteiger charge is -2.23. The molecule has 2 amide bonds. The first-order valence-corrected chi connectivity index (χ1v) is 7.80. The highest BCUT2D eigenvalue weighted by Crippen LogP contribution is 2.29. The maximum Gasteiger partial charge on any atom is 0.391 e. The summed E-state index contributed by atoms with van der Waals surface area (Å²) in [6.45, 7) is 1.13. The molecule has 1 aromatic carbocycles. The molecule has 1 saturated heterocycles. The van der Waals surface area contributed by atoms with Crippen LogP contribution in [0.2, 0.25) is 0 Å². The van der Waals surface area contributed by atoms with Crippen LogP contribution in [-0.4, -0.2) is 31.5 Å². The number of alkyl halides is 3. The zero-order valence-corrected chi connectivity index (χ0v) is 13.0. The van der Waals surface area contributed by atoms with Crippen LogP contribution in [0.4, 0.5) is 22.4 Å². The van der Waals surface area contributed by atoms with Gasteiger partial charge >= 0.3 is 12.2 Å². The largest absolute Gasteiger partial charge is 0.391 e. The molecular weight excluding hydrogens is 328 g/mol. The zero-order chi connectivity index (χ0) is 17.6. The van der Waals surface area contributed by atoms with Gasteiger partial charge in [-0.1, -0.05) is 12.1 Å². The van der Waals surface area contributed by atoms with Crippen molar-refractivity contribution in [3.63, 3.8) is 0 Å². The van der Waals surface area contributed by atoms with Gasteiger partial charge in [0.2, 0.25) is 0 Å². The molecule has 0 saturated carbocycles. The number of nitrogens with one attached hydrogen (secondary N) is 2. The van der Waals surface area contributed by atoms with Gasteiger partial charge in [-0.25, -0.2) is 9.18 Å². The monoisotopic (exact) mass is 348 g/mol. The summed E-state index contributed by atoms with van der Waals surface area (Å²) in [5, 5.41) is 5.03. The molecule has 2 N–H and O–H groups in total. The molecule has 1 heterocycles. The first-order chi connectivity index (χ1) is 11.3. The Hall–Kier alpha value is -1.83. The normalized spacial score (nSPS) is 20.1. The number of hydrogen-bond acceptors (Lipinski definition) is 2. The molecule has 0 radical (unpaired) electrons. The third-order valence-corrected chi connectivity index (χ3v) is 3.80. The molecule has 1 aliphatic heterocycles. The first-order valence-electron chi connectivity index (χ1n) is 7.80. The average Bonchev–Trinajstić information content (AvgIpc) is 2.74. The van der Waals surface area contributed by atoms with Gasteiger partial charge in [0.05, 0.1) is 12.5 Å². The van der Waals surface area contributed by atoms with Gasteiger partial charge in [0.25, 0.3) is 0 Å². The van der Waals surface area contributed by atoms with Crippen molar-refractivity contribution in [3.05, 3.63) is 35.6 Å². The van der Waals surface area contributed by atoms with Crippen LogP contribution < -0.4 is 10.6 Å². The van der Waals surface area contributed by atoms with Gasteiger partial charge < -0.3 is 15.4 Å². The highest BCUT2D eigenvalue weighted by Gasteiger charge is 2.33. The molecular formula is C16H20F4N2O2. The maximum atomic E-state index is 13.0. The van der Waals surface area contributed by atoms with Crippen molar-refractivity contribution in [2.75, 3.05) is 13.2 Å². The van der Waals surface area contributed by atoms with Crippen molar-refractivity contribution in [1.29, 1.82) is 0 Å². The highest BCUT2D eigenvalue weighted by molar-refractivity contribution is 5.74. The Morgan fingerprint density at radius 1 is 1.21 bits per heavy atom. The molecule has 134 valence electrons. The van der Waals surface area contributed by atoms with E-state index in [2.05, 4.69) is 10.6 Å². The number of benzene rings is 1. The fourth-order valence-corrected chi connectivity index (χ4v) is 2.61. The number of carbonyl (C=O) groups is 1. The Bertz CT molecular complexity index is 526. The van der Waals surface area contributed by atoms with Crippen molar-refractivity contribution in [2.45, 2.75) is 43.9 Å². The summed E-state index contributed by atoms with van der Waals surface area (Å²) in [6.07, 6.45) is -3.56. The SMILES string of the molecule is O=C(N[C@@H]1CCCOCC1)N[C@@H](CC(F)(F)F)c1ccc(F)cc1. The number of carbonyl (C=O) groups excluding carboxylic acids is 1. The Morgan fingerprint density at radius 3 is 2.58 bits per heavy atom. The van der Waals surface area contributed by atoms with Crippen LogP contribution in [0.3, 0.4) is 0 Å². The summed E-state index contributed by atoms with van der Waals surface area (Å²) in [6, 6.07) is 2.55. The van der Waals surface area contributed by atoms with Crippen molar-refractivity contribution in [3.8, 4) is 0 Å². The number of urea groups is 1. The third kappa shape index (κ3) is 6.35. The zero-order valence-electron chi connectivity index (χ0n) is 13.0. The van der Waals surface area contributed by atoms with Crippen LogP contribution in [-0.2, 0) is 4.74 Å². The molecule has 2 atom stereocenters. The maximum absolute atomic E-state index is 13.0. The number of rotatable bonds is 4. The van der Waals surface area contributed by atoms with Crippen molar-refractivity contribution in [1.82, 2.24) is 10.6 Å². The quantitative estimate of drug-likeness (QED) is 0.816. The van der Waals surface area contributed by atoms with Crippen molar-refractivity contribution >= 4 is 6.03 Å². The van der Waals surface area contributed by atoms with Gasteiger partial charge in [-0.05, 0) is 37.0 Å². The number of amides is 2. The van der Waals surface area contributed by atoms with Gasteiger partial charge in [-0.3, -0.25) is 0 Å². The predicted octanol–water partition coefficient (Wildman–Crippen LogP) is 3.69. The van der Waals surface area contributed by atoms with Gasteiger partial charge in [0.15, 0.2) is 0 Å². The molecule has 0 bridgehead atoms. The molecule has 8 heteroatoms. The van der Waals surface area contributed by atoms with E-state index in [1.807, 2.05) is 0 Å². The van der Waals surface area contributed by atoms with Gasteiger partial charge in [0.1, 0.15) is 5.82 Å². The van der Waals surface area contributed by atoms with E-state index in [-0.39, 0.29) is 11.6 Å². The molecule has 1 aromatic rings. The van der Waals surface area contributed by atoms with Crippen LogP contribution in [0.15, 0.2) is 24.3 Å². The fourth-order valence-electron chi connectivity index (χ4n) is 2.61. The van der Waals surface area contributed by atoms with E-state index in [1.54, 1.807) is 0 Å². The number of hydrogen-bond donors (Lipinski definition) is 2. The van der Waals surface area contributed by atoms with E-state index < -0.39 is 30.5 Å². The molecule has 1 fully saturated rings. The van der Waals surface area contributed by atoms with Gasteiger partial charge in [0, 0.05) is 19.3 Å². The molecule has 0 spiro atoms. The average molecular weight is 348 g/mol. The lowest BCUT2D eigenvalue weighted by molar-refractivity contribution is -0.139. The van der Waals surface area contributed by atoms with Crippen LogP contribution in [0, 0.1) is 5.82 Å². The minimum absolute atomic E-state index is 0.132. The van der Waals surface area contributed by atoms with Gasteiger partial charge in [-0.2, -0.15) is 13.2 Å². The number of ether oxygens (including phenoxy) is 1. The van der Waals surface area contributed by atoms with E-state index >= 15 is 0 Å². The van der Waals surface area contributed by atoms with E-state index in [0.29, 0.717) is 26.1 Å². The lowest BCUT2D eigenvalue weighted by atomic mass is 10.0. The summed E-state index contributed by atoms with van der Waals surface area (Å²) < 4.78 is 56.6. The minimum atomic E-state index is -4.46. The highest BCUT2D eigenvalue weighted by atomic mass is 19.4. The van der Waals surface area contributed by atoms with Crippen LogP contribution in [0.1, 0.15) is 37.3 Å². The Labute approximate surface area is 137 Å². The molecule has 2 rings (SSSR count). The number of halogens is 4. The summed E-state index contributed by atoms with van der Waals surface area (Å²) >= 11 is 0. The summed E-state index contributed by atoms with van der Waals surface area (Å²) in [7, 11) is 0.